The van der Waals surface area contributed by atoms with E-state index in [0.717, 1.165) is 77.0 Å². The van der Waals surface area contributed by atoms with Crippen molar-refractivity contribution in [3.8, 4) is 0 Å². The normalized spacial score (nSPS) is 14.7. The first-order valence-corrected chi connectivity index (χ1v) is 22.2. The molecule has 3 unspecified atom stereocenters. The molecule has 0 aromatic carbocycles. The number of nitrogens with one attached hydrogen (secondary N) is 1. The van der Waals surface area contributed by atoms with Crippen molar-refractivity contribution >= 4 is 13.7 Å². The Balaban J connectivity index is 4.25. The average molecular weight is 739 g/mol. The molecule has 8 nitrogen and oxygen atoms in total. The summed E-state index contributed by atoms with van der Waals surface area (Å²) in [6.45, 7) is 4.07. The molecule has 0 aliphatic heterocycles. The minimum atomic E-state index is -4.32. The van der Waals surface area contributed by atoms with Gasteiger partial charge >= 0.3 is 7.82 Å². The molecule has 9 heteroatoms. The van der Waals surface area contributed by atoms with Crippen molar-refractivity contribution in [2.75, 3.05) is 19.8 Å². The summed E-state index contributed by atoms with van der Waals surface area (Å²) in [5.41, 5.74) is 5.37. The number of carbonyl (C=O) groups is 1. The van der Waals surface area contributed by atoms with Crippen LogP contribution in [-0.2, 0) is 18.4 Å². The molecule has 0 saturated heterocycles. The Morgan fingerprint density at radius 3 is 1.67 bits per heavy atom. The molecule has 1 amide bonds. The van der Waals surface area contributed by atoms with Crippen LogP contribution in [0.15, 0.2) is 48.6 Å². The molecule has 0 aromatic rings. The van der Waals surface area contributed by atoms with Crippen LogP contribution in [0.1, 0.15) is 181 Å². The molecule has 0 aliphatic carbocycles. The molecular weight excluding hydrogens is 659 g/mol. The Labute approximate surface area is 313 Å². The molecule has 0 spiro atoms. The van der Waals surface area contributed by atoms with Gasteiger partial charge in [-0.25, -0.2) is 4.57 Å². The second-order valence-corrected chi connectivity index (χ2v) is 15.3. The molecule has 0 aliphatic rings. The number of nitrogens with two attached hydrogens (primary N) is 1. The van der Waals surface area contributed by atoms with Gasteiger partial charge in [0.25, 0.3) is 0 Å². The van der Waals surface area contributed by atoms with Crippen LogP contribution in [0, 0.1) is 0 Å². The summed E-state index contributed by atoms with van der Waals surface area (Å²) in [5, 5.41) is 13.8. The maximum atomic E-state index is 12.7. The lowest BCUT2D eigenvalue weighted by atomic mass is 10.0. The Kier molecular flexibility index (Phi) is 37.0. The van der Waals surface area contributed by atoms with E-state index >= 15 is 0 Å². The Bertz CT molecular complexity index is 938. The van der Waals surface area contributed by atoms with Crippen molar-refractivity contribution in [2.45, 2.75) is 193 Å². The first-order chi connectivity index (χ1) is 24.9. The predicted molar refractivity (Wildman–Crippen MR) is 217 cm³/mol. The number of allylic oxidation sites excluding steroid dienone is 8. The molecule has 0 fully saturated rings. The number of hydrogen-bond donors (Lipinski definition) is 4. The van der Waals surface area contributed by atoms with E-state index in [9.17, 15) is 19.4 Å². The molecule has 0 bridgehead atoms. The number of unbranched alkanes of at least 4 members (excludes halogenated alkanes) is 18. The van der Waals surface area contributed by atoms with Gasteiger partial charge < -0.3 is 21.1 Å². The van der Waals surface area contributed by atoms with E-state index in [1.807, 2.05) is 0 Å². The van der Waals surface area contributed by atoms with Gasteiger partial charge in [-0.3, -0.25) is 13.8 Å². The van der Waals surface area contributed by atoms with Crippen molar-refractivity contribution in [3.05, 3.63) is 48.6 Å². The third-order valence-electron chi connectivity index (χ3n) is 8.95. The summed E-state index contributed by atoms with van der Waals surface area (Å²) >= 11 is 0. The van der Waals surface area contributed by atoms with E-state index < -0.39 is 20.0 Å². The highest BCUT2D eigenvalue weighted by atomic mass is 31.2. The largest absolute Gasteiger partial charge is 0.472 e. The van der Waals surface area contributed by atoms with Crippen LogP contribution in [0.4, 0.5) is 0 Å². The molecule has 298 valence electrons. The van der Waals surface area contributed by atoms with Crippen molar-refractivity contribution < 1.29 is 28.4 Å². The van der Waals surface area contributed by atoms with Crippen LogP contribution in [0.25, 0.3) is 0 Å². The van der Waals surface area contributed by atoms with E-state index in [2.05, 4.69) is 67.8 Å². The number of aliphatic hydroxyl groups excluding tert-OH is 1. The zero-order valence-electron chi connectivity index (χ0n) is 32.8. The zero-order valence-corrected chi connectivity index (χ0v) is 33.7. The van der Waals surface area contributed by atoms with Gasteiger partial charge in [0, 0.05) is 13.0 Å². The molecule has 0 saturated carbocycles. The highest BCUT2D eigenvalue weighted by Gasteiger charge is 2.27. The SMILES string of the molecule is CC/C=C\C/C=C\C/C=C\C/C=C\CCCCCCC(=O)NC(COP(=O)(O)OCCN)C(O)CCCCCCCCCCCCCCCCC. The van der Waals surface area contributed by atoms with E-state index in [4.69, 9.17) is 14.8 Å². The third kappa shape index (κ3) is 36.6. The van der Waals surface area contributed by atoms with Crippen molar-refractivity contribution in [1.29, 1.82) is 0 Å². The summed E-state index contributed by atoms with van der Waals surface area (Å²) < 4.78 is 22.1. The van der Waals surface area contributed by atoms with Gasteiger partial charge in [0.15, 0.2) is 0 Å². The Hall–Kier alpha value is -1.54. The van der Waals surface area contributed by atoms with Crippen LogP contribution in [0.3, 0.4) is 0 Å². The van der Waals surface area contributed by atoms with E-state index in [-0.39, 0.29) is 25.7 Å². The van der Waals surface area contributed by atoms with Crippen molar-refractivity contribution in [3.63, 3.8) is 0 Å². The Morgan fingerprint density at radius 2 is 1.14 bits per heavy atom. The van der Waals surface area contributed by atoms with Crippen molar-refractivity contribution in [2.24, 2.45) is 5.73 Å². The molecule has 3 atom stereocenters. The smallest absolute Gasteiger partial charge is 0.391 e. The van der Waals surface area contributed by atoms with Crippen molar-refractivity contribution in [1.82, 2.24) is 5.32 Å². The van der Waals surface area contributed by atoms with Crippen LogP contribution in [-0.4, -0.2) is 47.8 Å². The average Bonchev–Trinajstić information content (AvgIpc) is 3.12. The summed E-state index contributed by atoms with van der Waals surface area (Å²) in [7, 11) is -4.32. The molecular formula is C42H79N2O6P. The van der Waals surface area contributed by atoms with Gasteiger partial charge in [0.05, 0.1) is 25.4 Å². The third-order valence-corrected chi connectivity index (χ3v) is 9.93. The fourth-order valence-electron chi connectivity index (χ4n) is 5.83. The number of carbonyl (C=O) groups excluding carboxylic acids is 1. The van der Waals surface area contributed by atoms with Gasteiger partial charge in [-0.05, 0) is 51.4 Å². The maximum absolute atomic E-state index is 12.7. The summed E-state index contributed by atoms with van der Waals surface area (Å²) in [6, 6.07) is -0.788. The minimum absolute atomic E-state index is 0.0827. The lowest BCUT2D eigenvalue weighted by Crippen LogP contribution is -2.46. The van der Waals surface area contributed by atoms with Gasteiger partial charge in [0.1, 0.15) is 0 Å². The molecule has 51 heavy (non-hydrogen) atoms. The fourth-order valence-corrected chi connectivity index (χ4v) is 6.59. The maximum Gasteiger partial charge on any atom is 0.472 e. The van der Waals surface area contributed by atoms with E-state index in [1.165, 1.54) is 77.0 Å². The first-order valence-electron chi connectivity index (χ1n) is 20.8. The molecule has 0 aromatic heterocycles. The molecule has 5 N–H and O–H groups in total. The number of rotatable bonds is 38. The lowest BCUT2D eigenvalue weighted by Gasteiger charge is -2.25. The predicted octanol–water partition coefficient (Wildman–Crippen LogP) is 11.3. The lowest BCUT2D eigenvalue weighted by molar-refractivity contribution is -0.123. The van der Waals surface area contributed by atoms with E-state index in [1.54, 1.807) is 0 Å². The summed E-state index contributed by atoms with van der Waals surface area (Å²) in [6.07, 6.45) is 45.4. The highest BCUT2D eigenvalue weighted by Crippen LogP contribution is 2.43. The van der Waals surface area contributed by atoms with Gasteiger partial charge in [-0.2, -0.15) is 0 Å². The van der Waals surface area contributed by atoms with Gasteiger partial charge in [-0.15, -0.1) is 0 Å². The summed E-state index contributed by atoms with van der Waals surface area (Å²) in [4.78, 5) is 22.7. The number of hydrogen-bond acceptors (Lipinski definition) is 6. The minimum Gasteiger partial charge on any atom is -0.391 e. The monoisotopic (exact) mass is 739 g/mol. The van der Waals surface area contributed by atoms with Crippen LogP contribution < -0.4 is 11.1 Å². The molecule has 0 radical (unpaired) electrons. The van der Waals surface area contributed by atoms with Crippen LogP contribution in [0.2, 0.25) is 0 Å². The van der Waals surface area contributed by atoms with Crippen LogP contribution >= 0.6 is 7.82 Å². The number of phosphoric ester groups is 1. The highest BCUT2D eigenvalue weighted by molar-refractivity contribution is 7.47. The van der Waals surface area contributed by atoms with Gasteiger partial charge in [-0.1, -0.05) is 172 Å². The molecule has 0 rings (SSSR count). The van der Waals surface area contributed by atoms with E-state index in [0.29, 0.717) is 12.8 Å². The quantitative estimate of drug-likeness (QED) is 0.0282. The zero-order chi connectivity index (χ0) is 37.5. The standard InChI is InChI=1S/C42H79N2O6P/c1-3-5-7-9-11-13-15-17-19-20-22-24-26-28-30-32-34-36-42(46)44-40(39-50-51(47,48)49-38-37-43)41(45)35-33-31-29-27-25-23-21-18-16-14-12-10-8-6-4-2/h5,7,11,13,17,19,22,24,40-41,45H,3-4,6,8-10,12,14-16,18,20-21,23,25-39,43H2,1-2H3,(H,44,46)(H,47,48)/b7-5-,13-11-,19-17-,24-22-. The summed E-state index contributed by atoms with van der Waals surface area (Å²) in [5.74, 6) is -0.186. The van der Waals surface area contributed by atoms with Gasteiger partial charge in [0.2, 0.25) is 5.91 Å². The second kappa shape index (κ2) is 38.2. The fraction of sp³-hybridized carbons (Fsp3) is 0.786. The number of amides is 1. The Morgan fingerprint density at radius 1 is 0.667 bits per heavy atom. The topological polar surface area (TPSA) is 131 Å². The number of phosphoric acid groups is 1. The second-order valence-electron chi connectivity index (χ2n) is 13.8. The molecule has 0 heterocycles. The first kappa shape index (κ1) is 49.5. The van der Waals surface area contributed by atoms with Crippen LogP contribution in [0.5, 0.6) is 0 Å². The number of aliphatic hydroxyl groups is 1.